The summed E-state index contributed by atoms with van der Waals surface area (Å²) < 4.78 is 5.21. The van der Waals surface area contributed by atoms with Crippen molar-refractivity contribution < 1.29 is 4.74 Å². The van der Waals surface area contributed by atoms with E-state index in [1.54, 1.807) is 22.4 Å². The average Bonchev–Trinajstić information content (AvgIpc) is 2.73. The highest BCUT2D eigenvalue weighted by atomic mass is 32.1. The molecule has 1 aromatic heterocycles. The number of methoxy groups -OCH3 is 1. The summed E-state index contributed by atoms with van der Waals surface area (Å²) in [5, 5.41) is 3.72. The van der Waals surface area contributed by atoms with E-state index in [0.717, 1.165) is 19.6 Å². The summed E-state index contributed by atoms with van der Waals surface area (Å²) in [6.45, 7) is 4.22. The Balaban J connectivity index is 2.02. The smallest absolute Gasteiger partial charge is 0.0462 e. The Bertz CT molecular complexity index is 365. The summed E-state index contributed by atoms with van der Waals surface area (Å²) in [4.78, 5) is 3.22. The maximum Gasteiger partial charge on any atom is 0.0462 e. The zero-order valence-corrected chi connectivity index (χ0v) is 13.9. The number of fused-ring (bicyclic) bond motifs is 1. The zero-order chi connectivity index (χ0) is 14.2. The van der Waals surface area contributed by atoms with Gasteiger partial charge in [-0.25, -0.2) is 0 Å². The van der Waals surface area contributed by atoms with Crippen LogP contribution >= 0.6 is 11.3 Å². The summed E-state index contributed by atoms with van der Waals surface area (Å²) >= 11 is 2.06. The number of hydrogen-bond donors (Lipinski definition) is 1. The van der Waals surface area contributed by atoms with Crippen molar-refractivity contribution in [3.05, 3.63) is 21.4 Å². The monoisotopic (exact) mass is 295 g/mol. The number of ether oxygens (including phenoxy) is 1. The summed E-state index contributed by atoms with van der Waals surface area (Å²) in [5.74, 6) is 0. The van der Waals surface area contributed by atoms with E-state index in [0.29, 0.717) is 6.04 Å². The van der Waals surface area contributed by atoms with Crippen molar-refractivity contribution in [2.75, 3.05) is 20.3 Å². The number of aryl methyl sites for hydroxylation is 2. The molecule has 0 saturated carbocycles. The summed E-state index contributed by atoms with van der Waals surface area (Å²) in [5.41, 5.74) is 1.64. The largest absolute Gasteiger partial charge is 0.385 e. The van der Waals surface area contributed by atoms with Gasteiger partial charge in [0.15, 0.2) is 0 Å². The zero-order valence-electron chi connectivity index (χ0n) is 13.0. The maximum absolute atomic E-state index is 5.21. The first kappa shape index (κ1) is 16.0. The van der Waals surface area contributed by atoms with Gasteiger partial charge in [0.25, 0.3) is 0 Å². The topological polar surface area (TPSA) is 21.3 Å². The van der Waals surface area contributed by atoms with Crippen LogP contribution in [0.15, 0.2) is 6.07 Å². The molecular weight excluding hydrogens is 266 g/mol. The SMILES string of the molecule is CCCNC(CCCOC)c1cc2c(s1)CCCCC2. The molecule has 1 heterocycles. The van der Waals surface area contributed by atoms with Crippen LogP contribution < -0.4 is 5.32 Å². The second-order valence-corrected chi connectivity index (χ2v) is 6.97. The minimum absolute atomic E-state index is 0.530. The minimum atomic E-state index is 0.530. The number of thiophene rings is 1. The predicted molar refractivity (Wildman–Crippen MR) is 87.7 cm³/mol. The lowest BCUT2D eigenvalue weighted by Crippen LogP contribution is -2.21. The van der Waals surface area contributed by atoms with E-state index in [2.05, 4.69) is 29.6 Å². The Morgan fingerprint density at radius 2 is 2.15 bits per heavy atom. The molecule has 1 unspecified atom stereocenters. The van der Waals surface area contributed by atoms with Gasteiger partial charge < -0.3 is 10.1 Å². The van der Waals surface area contributed by atoms with Crippen LogP contribution in [0.2, 0.25) is 0 Å². The first-order valence-corrected chi connectivity index (χ1v) is 9.00. The Kier molecular flexibility index (Phi) is 7.05. The van der Waals surface area contributed by atoms with Gasteiger partial charge in [-0.2, -0.15) is 0 Å². The lowest BCUT2D eigenvalue weighted by molar-refractivity contribution is 0.189. The van der Waals surface area contributed by atoms with E-state index in [4.69, 9.17) is 4.74 Å². The van der Waals surface area contributed by atoms with Gasteiger partial charge in [0, 0.05) is 29.5 Å². The molecule has 0 bridgehead atoms. The van der Waals surface area contributed by atoms with Gasteiger partial charge >= 0.3 is 0 Å². The van der Waals surface area contributed by atoms with Crippen LogP contribution in [0, 0.1) is 0 Å². The Hall–Kier alpha value is -0.380. The van der Waals surface area contributed by atoms with E-state index < -0.39 is 0 Å². The fourth-order valence-corrected chi connectivity index (χ4v) is 4.33. The second-order valence-electron chi connectivity index (χ2n) is 5.80. The second kappa shape index (κ2) is 8.81. The number of hydrogen-bond acceptors (Lipinski definition) is 3. The van der Waals surface area contributed by atoms with Crippen LogP contribution in [-0.2, 0) is 17.6 Å². The molecule has 114 valence electrons. The third-order valence-corrected chi connectivity index (χ3v) is 5.44. The van der Waals surface area contributed by atoms with Crippen LogP contribution in [0.4, 0.5) is 0 Å². The van der Waals surface area contributed by atoms with Crippen molar-refractivity contribution >= 4 is 11.3 Å². The molecule has 0 amide bonds. The number of rotatable bonds is 8. The van der Waals surface area contributed by atoms with Gasteiger partial charge in [-0.3, -0.25) is 0 Å². The van der Waals surface area contributed by atoms with Crippen LogP contribution in [0.5, 0.6) is 0 Å². The molecular formula is C17H29NOS. The molecule has 2 nitrogen and oxygen atoms in total. The first-order chi connectivity index (χ1) is 9.85. The molecule has 1 aliphatic carbocycles. The molecule has 3 heteroatoms. The maximum atomic E-state index is 5.21. The molecule has 2 rings (SSSR count). The van der Waals surface area contributed by atoms with Gasteiger partial charge in [0.1, 0.15) is 0 Å². The third kappa shape index (κ3) is 4.57. The van der Waals surface area contributed by atoms with E-state index in [1.807, 2.05) is 0 Å². The summed E-state index contributed by atoms with van der Waals surface area (Å²) in [6.07, 6.45) is 10.3. The van der Waals surface area contributed by atoms with Gasteiger partial charge in [0.05, 0.1) is 0 Å². The van der Waals surface area contributed by atoms with Gasteiger partial charge in [-0.05, 0) is 63.1 Å². The van der Waals surface area contributed by atoms with Crippen LogP contribution in [-0.4, -0.2) is 20.3 Å². The fourth-order valence-electron chi connectivity index (χ4n) is 2.96. The molecule has 1 N–H and O–H groups in total. The highest BCUT2D eigenvalue weighted by Crippen LogP contribution is 2.33. The van der Waals surface area contributed by atoms with Crippen LogP contribution in [0.3, 0.4) is 0 Å². The van der Waals surface area contributed by atoms with Gasteiger partial charge in [-0.1, -0.05) is 13.3 Å². The first-order valence-electron chi connectivity index (χ1n) is 8.19. The average molecular weight is 295 g/mol. The molecule has 0 saturated heterocycles. The van der Waals surface area contributed by atoms with E-state index in [1.165, 1.54) is 44.9 Å². The lowest BCUT2D eigenvalue weighted by Gasteiger charge is -2.17. The highest BCUT2D eigenvalue weighted by Gasteiger charge is 2.18. The van der Waals surface area contributed by atoms with Crippen molar-refractivity contribution in [2.45, 2.75) is 64.3 Å². The van der Waals surface area contributed by atoms with Gasteiger partial charge in [0.2, 0.25) is 0 Å². The van der Waals surface area contributed by atoms with Crippen molar-refractivity contribution in [3.63, 3.8) is 0 Å². The fraction of sp³-hybridized carbons (Fsp3) is 0.765. The number of nitrogens with one attached hydrogen (secondary N) is 1. The molecule has 0 aromatic carbocycles. The molecule has 0 spiro atoms. The normalized spacial score (nSPS) is 16.7. The van der Waals surface area contributed by atoms with Crippen molar-refractivity contribution in [1.29, 1.82) is 0 Å². The van der Waals surface area contributed by atoms with E-state index in [-0.39, 0.29) is 0 Å². The highest BCUT2D eigenvalue weighted by molar-refractivity contribution is 7.12. The Morgan fingerprint density at radius 1 is 1.30 bits per heavy atom. The molecule has 1 aromatic rings. The minimum Gasteiger partial charge on any atom is -0.385 e. The quantitative estimate of drug-likeness (QED) is 0.564. The molecule has 1 aliphatic rings. The summed E-state index contributed by atoms with van der Waals surface area (Å²) in [6, 6.07) is 3.02. The third-order valence-electron chi connectivity index (χ3n) is 4.09. The van der Waals surface area contributed by atoms with Gasteiger partial charge in [-0.15, -0.1) is 11.3 Å². The predicted octanol–water partition coefficient (Wildman–Crippen LogP) is 4.48. The van der Waals surface area contributed by atoms with Crippen molar-refractivity contribution in [1.82, 2.24) is 5.32 Å². The molecule has 0 radical (unpaired) electrons. The molecule has 0 fully saturated rings. The standard InChI is InChI=1S/C17H29NOS/c1-3-11-18-15(9-7-12-19-2)17-13-14-8-5-4-6-10-16(14)20-17/h13,15,18H,3-12H2,1-2H3. The van der Waals surface area contributed by atoms with E-state index >= 15 is 0 Å². The molecule has 20 heavy (non-hydrogen) atoms. The summed E-state index contributed by atoms with van der Waals surface area (Å²) in [7, 11) is 1.79. The Morgan fingerprint density at radius 3 is 2.95 bits per heavy atom. The van der Waals surface area contributed by atoms with Crippen LogP contribution in [0.25, 0.3) is 0 Å². The van der Waals surface area contributed by atoms with Crippen LogP contribution in [0.1, 0.15) is 66.8 Å². The molecule has 1 atom stereocenters. The van der Waals surface area contributed by atoms with E-state index in [9.17, 15) is 0 Å². The lowest BCUT2D eigenvalue weighted by atomic mass is 10.1. The Labute approximate surface area is 127 Å². The molecule has 0 aliphatic heterocycles. The van der Waals surface area contributed by atoms with Crippen molar-refractivity contribution in [3.8, 4) is 0 Å². The van der Waals surface area contributed by atoms with Crippen molar-refractivity contribution in [2.24, 2.45) is 0 Å².